The second kappa shape index (κ2) is 5.02. The van der Waals surface area contributed by atoms with Gasteiger partial charge in [-0.3, -0.25) is 4.90 Å². The molecule has 2 heteroatoms. The Balaban J connectivity index is 2.31. The van der Waals surface area contributed by atoms with Crippen LogP contribution >= 0.6 is 0 Å². The number of likely N-dealkylation sites (tertiary alicyclic amines) is 1. The Morgan fingerprint density at radius 1 is 1.22 bits per heavy atom. The molecule has 2 nitrogen and oxygen atoms in total. The summed E-state index contributed by atoms with van der Waals surface area (Å²) in [7, 11) is 0. The smallest absolute Gasteiger partial charge is 0.0501 e. The molecule has 1 aromatic carbocycles. The molecule has 1 aliphatic heterocycles. The highest BCUT2D eigenvalue weighted by Crippen LogP contribution is 2.37. The maximum absolute atomic E-state index is 6.27. The largest absolute Gasteiger partial charge is 0.326 e. The van der Waals surface area contributed by atoms with Gasteiger partial charge in [-0.05, 0) is 52.6 Å². The first-order valence-electron chi connectivity index (χ1n) is 7.01. The molecule has 2 N–H and O–H groups in total. The number of hydrogen-bond donors (Lipinski definition) is 1. The van der Waals surface area contributed by atoms with Gasteiger partial charge in [-0.15, -0.1) is 0 Å². The van der Waals surface area contributed by atoms with E-state index in [0.717, 1.165) is 6.54 Å². The van der Waals surface area contributed by atoms with Crippen molar-refractivity contribution >= 4 is 0 Å². The van der Waals surface area contributed by atoms with Crippen molar-refractivity contribution in [1.82, 2.24) is 4.90 Å². The monoisotopic (exact) mass is 246 g/mol. The van der Waals surface area contributed by atoms with Gasteiger partial charge in [0.05, 0.1) is 6.04 Å². The quantitative estimate of drug-likeness (QED) is 0.887. The van der Waals surface area contributed by atoms with E-state index in [-0.39, 0.29) is 11.6 Å². The minimum absolute atomic E-state index is 0.157. The van der Waals surface area contributed by atoms with Crippen LogP contribution in [0.25, 0.3) is 0 Å². The van der Waals surface area contributed by atoms with Gasteiger partial charge in [-0.2, -0.15) is 0 Å². The first-order chi connectivity index (χ1) is 8.42. The molecular formula is C16H26N2. The van der Waals surface area contributed by atoms with E-state index in [1.54, 1.807) is 0 Å². The van der Waals surface area contributed by atoms with Crippen molar-refractivity contribution in [3.63, 3.8) is 0 Å². The summed E-state index contributed by atoms with van der Waals surface area (Å²) in [4.78, 5) is 2.59. The second-order valence-electron chi connectivity index (χ2n) is 6.32. The van der Waals surface area contributed by atoms with E-state index in [2.05, 4.69) is 56.9 Å². The molecule has 0 saturated carbocycles. The van der Waals surface area contributed by atoms with Crippen molar-refractivity contribution in [3.8, 4) is 0 Å². The predicted molar refractivity (Wildman–Crippen MR) is 77.6 cm³/mol. The van der Waals surface area contributed by atoms with Crippen LogP contribution in [0.4, 0.5) is 0 Å². The van der Waals surface area contributed by atoms with Crippen LogP contribution in [-0.2, 0) is 0 Å². The van der Waals surface area contributed by atoms with E-state index in [4.69, 9.17) is 5.73 Å². The van der Waals surface area contributed by atoms with Gasteiger partial charge in [-0.25, -0.2) is 0 Å². The van der Waals surface area contributed by atoms with Crippen molar-refractivity contribution in [3.05, 3.63) is 35.4 Å². The average Bonchev–Trinajstić information content (AvgIpc) is 2.62. The van der Waals surface area contributed by atoms with Gasteiger partial charge < -0.3 is 5.73 Å². The van der Waals surface area contributed by atoms with Crippen molar-refractivity contribution in [2.45, 2.75) is 58.2 Å². The fourth-order valence-electron chi connectivity index (χ4n) is 3.17. The molecule has 0 radical (unpaired) electrons. The molecular weight excluding hydrogens is 220 g/mol. The number of nitrogens with zero attached hydrogens (tertiary/aromatic N) is 1. The first kappa shape index (κ1) is 13.6. The second-order valence-corrected chi connectivity index (χ2v) is 6.32. The van der Waals surface area contributed by atoms with Crippen LogP contribution in [0.1, 0.15) is 50.8 Å². The molecule has 2 unspecified atom stereocenters. The maximum Gasteiger partial charge on any atom is 0.0501 e. The SMILES string of the molecule is Cc1ccc(C(C(C)N)N2CCCC2(C)C)cc1. The van der Waals surface area contributed by atoms with Crippen LogP contribution < -0.4 is 5.73 Å². The van der Waals surface area contributed by atoms with Gasteiger partial charge in [0.2, 0.25) is 0 Å². The van der Waals surface area contributed by atoms with Crippen LogP contribution in [0.5, 0.6) is 0 Å². The highest BCUT2D eigenvalue weighted by atomic mass is 15.2. The number of aryl methyl sites for hydroxylation is 1. The van der Waals surface area contributed by atoms with Gasteiger partial charge in [0, 0.05) is 11.6 Å². The average molecular weight is 246 g/mol. The predicted octanol–water partition coefficient (Wildman–Crippen LogP) is 3.26. The molecule has 0 spiro atoms. The summed E-state index contributed by atoms with van der Waals surface area (Å²) in [6.45, 7) is 10.1. The molecule has 1 saturated heterocycles. The summed E-state index contributed by atoms with van der Waals surface area (Å²) in [5.74, 6) is 0. The molecule has 18 heavy (non-hydrogen) atoms. The fourth-order valence-corrected chi connectivity index (χ4v) is 3.17. The lowest BCUT2D eigenvalue weighted by Gasteiger charge is -2.40. The lowest BCUT2D eigenvalue weighted by molar-refractivity contribution is 0.101. The maximum atomic E-state index is 6.27. The highest BCUT2D eigenvalue weighted by molar-refractivity contribution is 5.26. The van der Waals surface area contributed by atoms with Crippen LogP contribution in [0.15, 0.2) is 24.3 Å². The zero-order valence-electron chi connectivity index (χ0n) is 12.1. The summed E-state index contributed by atoms with van der Waals surface area (Å²) in [6, 6.07) is 9.34. The van der Waals surface area contributed by atoms with E-state index in [9.17, 15) is 0 Å². The van der Waals surface area contributed by atoms with E-state index in [1.807, 2.05) is 0 Å². The summed E-state index contributed by atoms with van der Waals surface area (Å²) in [5, 5.41) is 0. The normalized spacial score (nSPS) is 22.9. The van der Waals surface area contributed by atoms with Crippen molar-refractivity contribution in [1.29, 1.82) is 0 Å². The van der Waals surface area contributed by atoms with E-state index < -0.39 is 0 Å². The standard InChI is InChI=1S/C16H26N2/c1-12-6-8-14(9-7-12)15(13(2)17)18-11-5-10-16(18,3)4/h6-9,13,15H,5,10-11,17H2,1-4H3. The molecule has 2 rings (SSSR count). The highest BCUT2D eigenvalue weighted by Gasteiger charge is 2.38. The minimum Gasteiger partial charge on any atom is -0.326 e. The van der Waals surface area contributed by atoms with Gasteiger partial charge in [0.1, 0.15) is 0 Å². The van der Waals surface area contributed by atoms with Crippen molar-refractivity contribution in [2.75, 3.05) is 6.54 Å². The molecule has 1 aromatic rings. The third-order valence-corrected chi connectivity index (χ3v) is 4.22. The molecule has 0 aromatic heterocycles. The van der Waals surface area contributed by atoms with Crippen LogP contribution in [0, 0.1) is 6.92 Å². The Morgan fingerprint density at radius 2 is 1.83 bits per heavy atom. The van der Waals surface area contributed by atoms with Crippen LogP contribution in [0.2, 0.25) is 0 Å². The molecule has 1 heterocycles. The lowest BCUT2D eigenvalue weighted by Crippen LogP contribution is -2.47. The molecule has 0 bridgehead atoms. The van der Waals surface area contributed by atoms with Gasteiger partial charge in [0.25, 0.3) is 0 Å². The minimum atomic E-state index is 0.157. The summed E-state index contributed by atoms with van der Waals surface area (Å²) >= 11 is 0. The first-order valence-corrected chi connectivity index (χ1v) is 7.01. The van der Waals surface area contributed by atoms with Gasteiger partial charge in [0.15, 0.2) is 0 Å². The van der Waals surface area contributed by atoms with Crippen LogP contribution in [-0.4, -0.2) is 23.0 Å². The van der Waals surface area contributed by atoms with Gasteiger partial charge in [-0.1, -0.05) is 29.8 Å². The van der Waals surface area contributed by atoms with Crippen LogP contribution in [0.3, 0.4) is 0 Å². The molecule has 0 aliphatic carbocycles. The van der Waals surface area contributed by atoms with Gasteiger partial charge >= 0.3 is 0 Å². The summed E-state index contributed by atoms with van der Waals surface area (Å²) < 4.78 is 0. The van der Waals surface area contributed by atoms with Crippen molar-refractivity contribution in [2.24, 2.45) is 5.73 Å². The zero-order valence-corrected chi connectivity index (χ0v) is 12.1. The van der Waals surface area contributed by atoms with Crippen molar-refractivity contribution < 1.29 is 0 Å². The Labute approximate surface area is 111 Å². The summed E-state index contributed by atoms with van der Waals surface area (Å²) in [5.41, 5.74) is 9.19. The summed E-state index contributed by atoms with van der Waals surface area (Å²) in [6.07, 6.45) is 2.55. The topological polar surface area (TPSA) is 29.3 Å². The number of benzene rings is 1. The number of rotatable bonds is 3. The van der Waals surface area contributed by atoms with E-state index in [0.29, 0.717) is 6.04 Å². The van der Waals surface area contributed by atoms with E-state index >= 15 is 0 Å². The lowest BCUT2D eigenvalue weighted by atomic mass is 9.93. The third-order valence-electron chi connectivity index (χ3n) is 4.22. The third kappa shape index (κ3) is 2.60. The van der Waals surface area contributed by atoms with E-state index in [1.165, 1.54) is 24.0 Å². The molecule has 1 fully saturated rings. The molecule has 100 valence electrons. The Kier molecular flexibility index (Phi) is 3.79. The zero-order chi connectivity index (χ0) is 13.3. The Hall–Kier alpha value is -0.860. The molecule has 2 atom stereocenters. The fraction of sp³-hybridized carbons (Fsp3) is 0.625. The number of hydrogen-bond acceptors (Lipinski definition) is 2. The molecule has 1 aliphatic rings. The number of nitrogens with two attached hydrogens (primary N) is 1. The Bertz CT molecular complexity index is 392. The molecule has 0 amide bonds. The Morgan fingerprint density at radius 3 is 2.28 bits per heavy atom.